The summed E-state index contributed by atoms with van der Waals surface area (Å²) in [6, 6.07) is 13.0. The number of sulfonamides is 1. The Kier molecular flexibility index (Phi) is 4.09. The van der Waals surface area contributed by atoms with E-state index in [1.165, 1.54) is 5.56 Å². The van der Waals surface area contributed by atoms with Crippen LogP contribution in [0.15, 0.2) is 42.5 Å². The van der Waals surface area contributed by atoms with Gasteiger partial charge in [-0.1, -0.05) is 18.2 Å². The summed E-state index contributed by atoms with van der Waals surface area (Å²) >= 11 is 0. The molecule has 0 aromatic heterocycles. The molecule has 0 radical (unpaired) electrons. The van der Waals surface area contributed by atoms with Gasteiger partial charge in [0, 0.05) is 17.3 Å². The molecule has 1 aliphatic heterocycles. The van der Waals surface area contributed by atoms with Crippen LogP contribution in [0, 0.1) is 6.92 Å². The average Bonchev–Trinajstić information content (AvgIpc) is 2.83. The van der Waals surface area contributed by atoms with Gasteiger partial charge < -0.3 is 4.90 Å². The number of rotatable bonds is 3. The van der Waals surface area contributed by atoms with E-state index in [-0.39, 0.29) is 11.9 Å². The number of benzene rings is 2. The van der Waals surface area contributed by atoms with Crippen molar-refractivity contribution < 1.29 is 13.2 Å². The van der Waals surface area contributed by atoms with Crippen molar-refractivity contribution in [2.75, 3.05) is 15.9 Å². The summed E-state index contributed by atoms with van der Waals surface area (Å²) in [5, 5.41) is 0. The number of nitrogens with one attached hydrogen (secondary N) is 1. The maximum Gasteiger partial charge on any atom is 0.258 e. The molecule has 2 aromatic carbocycles. The zero-order valence-corrected chi connectivity index (χ0v) is 14.7. The van der Waals surface area contributed by atoms with E-state index in [9.17, 15) is 13.2 Å². The quantitative estimate of drug-likeness (QED) is 0.931. The first kappa shape index (κ1) is 16.5. The Balaban J connectivity index is 1.92. The van der Waals surface area contributed by atoms with Gasteiger partial charge in [0.15, 0.2) is 0 Å². The highest BCUT2D eigenvalue weighted by molar-refractivity contribution is 7.92. The molecule has 1 N–H and O–H groups in total. The highest BCUT2D eigenvalue weighted by Gasteiger charge is 2.31. The van der Waals surface area contributed by atoms with Crippen LogP contribution in [0.3, 0.4) is 0 Å². The molecule has 5 nitrogen and oxygen atoms in total. The fourth-order valence-corrected chi connectivity index (χ4v) is 3.75. The maximum absolute atomic E-state index is 13.0. The highest BCUT2D eigenvalue weighted by atomic mass is 32.2. The standard InChI is InChI=1S/C18H20N2O3S/c1-12-10-15(8-9-16(12)19-24(3,22)23)18(21)20-13(2)11-14-6-4-5-7-17(14)20/h4-10,13,19H,11H2,1-3H3/t13-/m1/s1. The predicted octanol–water partition coefficient (Wildman–Crippen LogP) is 2.96. The lowest BCUT2D eigenvalue weighted by molar-refractivity contribution is 0.0981. The highest BCUT2D eigenvalue weighted by Crippen LogP contribution is 2.33. The first-order valence-corrected chi connectivity index (χ1v) is 9.65. The summed E-state index contributed by atoms with van der Waals surface area (Å²) in [6.07, 6.45) is 1.95. The van der Waals surface area contributed by atoms with Crippen LogP contribution in [0.2, 0.25) is 0 Å². The normalized spacial score (nSPS) is 16.8. The predicted molar refractivity (Wildman–Crippen MR) is 96.1 cm³/mol. The zero-order chi connectivity index (χ0) is 17.5. The van der Waals surface area contributed by atoms with Gasteiger partial charge in [-0.3, -0.25) is 9.52 Å². The van der Waals surface area contributed by atoms with Gasteiger partial charge in [-0.25, -0.2) is 8.42 Å². The van der Waals surface area contributed by atoms with E-state index in [2.05, 4.69) is 4.72 Å². The molecule has 1 amide bonds. The van der Waals surface area contributed by atoms with Crippen molar-refractivity contribution in [1.29, 1.82) is 0 Å². The fourth-order valence-electron chi connectivity index (χ4n) is 3.13. The van der Waals surface area contributed by atoms with Crippen molar-refractivity contribution in [3.8, 4) is 0 Å². The summed E-state index contributed by atoms with van der Waals surface area (Å²) in [6.45, 7) is 3.82. The Morgan fingerprint density at radius 2 is 1.92 bits per heavy atom. The van der Waals surface area contributed by atoms with Crippen LogP contribution < -0.4 is 9.62 Å². The monoisotopic (exact) mass is 344 g/mol. The molecule has 6 heteroatoms. The van der Waals surface area contributed by atoms with Gasteiger partial charge in [0.05, 0.1) is 11.9 Å². The van der Waals surface area contributed by atoms with Gasteiger partial charge in [0.1, 0.15) is 0 Å². The molecular weight excluding hydrogens is 324 g/mol. The lowest BCUT2D eigenvalue weighted by Crippen LogP contribution is -2.35. The van der Waals surface area contributed by atoms with Crippen molar-refractivity contribution >= 4 is 27.3 Å². The van der Waals surface area contributed by atoms with Crippen molar-refractivity contribution in [3.05, 3.63) is 59.2 Å². The average molecular weight is 344 g/mol. The summed E-state index contributed by atoms with van der Waals surface area (Å²) in [7, 11) is -3.34. The minimum atomic E-state index is -3.34. The molecule has 0 saturated carbocycles. The second kappa shape index (κ2) is 5.94. The van der Waals surface area contributed by atoms with Crippen LogP contribution in [-0.4, -0.2) is 26.6 Å². The maximum atomic E-state index is 13.0. The molecule has 2 aromatic rings. The van der Waals surface area contributed by atoms with E-state index in [0.717, 1.165) is 18.4 Å². The number of anilines is 2. The third-order valence-electron chi connectivity index (χ3n) is 4.19. The Labute approximate surface area is 142 Å². The van der Waals surface area contributed by atoms with E-state index in [4.69, 9.17) is 0 Å². The number of fused-ring (bicyclic) bond motifs is 1. The van der Waals surface area contributed by atoms with Crippen molar-refractivity contribution in [2.24, 2.45) is 0 Å². The number of carbonyl (C=O) groups is 1. The van der Waals surface area contributed by atoms with E-state index in [1.807, 2.05) is 36.1 Å². The van der Waals surface area contributed by atoms with E-state index in [1.54, 1.807) is 25.1 Å². The number of carbonyl (C=O) groups excluding carboxylic acids is 1. The fraction of sp³-hybridized carbons (Fsp3) is 0.278. The number of amides is 1. The Bertz CT molecular complexity index is 906. The molecule has 0 aliphatic carbocycles. The molecule has 1 heterocycles. The molecule has 126 valence electrons. The molecule has 0 fully saturated rings. The van der Waals surface area contributed by atoms with Gasteiger partial charge in [-0.15, -0.1) is 0 Å². The van der Waals surface area contributed by atoms with Crippen molar-refractivity contribution in [3.63, 3.8) is 0 Å². The first-order valence-electron chi connectivity index (χ1n) is 7.76. The second-order valence-corrected chi connectivity index (χ2v) is 8.01. The SMILES string of the molecule is Cc1cc(C(=O)N2c3ccccc3C[C@H]2C)ccc1NS(C)(=O)=O. The lowest BCUT2D eigenvalue weighted by atomic mass is 10.1. The van der Waals surface area contributed by atoms with Crippen LogP contribution in [-0.2, 0) is 16.4 Å². The third-order valence-corrected chi connectivity index (χ3v) is 4.79. The molecular formula is C18H20N2O3S. The molecule has 0 spiro atoms. The molecule has 0 bridgehead atoms. The third kappa shape index (κ3) is 3.14. The number of aryl methyl sites for hydroxylation is 1. The molecule has 0 saturated heterocycles. The van der Waals surface area contributed by atoms with Gasteiger partial charge >= 0.3 is 0 Å². The smallest absolute Gasteiger partial charge is 0.258 e. The van der Waals surface area contributed by atoms with Gasteiger partial charge in [-0.2, -0.15) is 0 Å². The van der Waals surface area contributed by atoms with Gasteiger partial charge in [-0.05, 0) is 55.7 Å². The Morgan fingerprint density at radius 1 is 1.21 bits per heavy atom. The topological polar surface area (TPSA) is 66.5 Å². The molecule has 3 rings (SSSR count). The van der Waals surface area contributed by atoms with Crippen LogP contribution in [0.25, 0.3) is 0 Å². The molecule has 0 unspecified atom stereocenters. The van der Waals surface area contributed by atoms with E-state index < -0.39 is 10.0 Å². The number of para-hydroxylation sites is 1. The second-order valence-electron chi connectivity index (χ2n) is 6.26. The Morgan fingerprint density at radius 3 is 2.58 bits per heavy atom. The molecule has 1 atom stereocenters. The number of nitrogens with zero attached hydrogens (tertiary/aromatic N) is 1. The van der Waals surface area contributed by atoms with Crippen molar-refractivity contribution in [2.45, 2.75) is 26.3 Å². The summed E-state index contributed by atoms with van der Waals surface area (Å²) in [5.41, 5.74) is 3.88. The number of hydrogen-bond donors (Lipinski definition) is 1. The van der Waals surface area contributed by atoms with Gasteiger partial charge in [0.2, 0.25) is 10.0 Å². The number of hydrogen-bond acceptors (Lipinski definition) is 3. The molecule has 24 heavy (non-hydrogen) atoms. The summed E-state index contributed by atoms with van der Waals surface area (Å²) < 4.78 is 25.2. The summed E-state index contributed by atoms with van der Waals surface area (Å²) in [4.78, 5) is 14.8. The first-order chi connectivity index (χ1) is 11.3. The Hall–Kier alpha value is -2.34. The van der Waals surface area contributed by atoms with E-state index >= 15 is 0 Å². The van der Waals surface area contributed by atoms with Gasteiger partial charge in [0.25, 0.3) is 5.91 Å². The lowest BCUT2D eigenvalue weighted by Gasteiger charge is -2.23. The zero-order valence-electron chi connectivity index (χ0n) is 13.9. The van der Waals surface area contributed by atoms with Crippen molar-refractivity contribution in [1.82, 2.24) is 0 Å². The van der Waals surface area contributed by atoms with E-state index in [0.29, 0.717) is 16.8 Å². The minimum Gasteiger partial charge on any atom is -0.305 e. The van der Waals surface area contributed by atoms with Crippen LogP contribution in [0.4, 0.5) is 11.4 Å². The molecule has 1 aliphatic rings. The van der Waals surface area contributed by atoms with Crippen LogP contribution in [0.1, 0.15) is 28.4 Å². The largest absolute Gasteiger partial charge is 0.305 e. The van der Waals surface area contributed by atoms with Crippen LogP contribution >= 0.6 is 0 Å². The minimum absolute atomic E-state index is 0.0681. The summed E-state index contributed by atoms with van der Waals surface area (Å²) in [5.74, 6) is -0.0681. The van der Waals surface area contributed by atoms with Crippen LogP contribution in [0.5, 0.6) is 0 Å².